The van der Waals surface area contributed by atoms with Crippen LogP contribution in [0.1, 0.15) is 19.3 Å². The molecule has 0 unspecified atom stereocenters. The van der Waals surface area contributed by atoms with E-state index in [9.17, 15) is 10.2 Å². The summed E-state index contributed by atoms with van der Waals surface area (Å²) in [6, 6.07) is 0. The number of hydrogen-bond acceptors (Lipinski definition) is 3. The highest BCUT2D eigenvalue weighted by atomic mass is 16.3. The zero-order valence-corrected chi connectivity index (χ0v) is 8.40. The van der Waals surface area contributed by atoms with Crippen molar-refractivity contribution in [2.45, 2.75) is 31.5 Å². The molecule has 76 valence electrons. The summed E-state index contributed by atoms with van der Waals surface area (Å²) >= 11 is 0. The zero-order chi connectivity index (χ0) is 9.84. The molecule has 2 N–H and O–H groups in total. The van der Waals surface area contributed by atoms with Gasteiger partial charge in [0.1, 0.15) is 0 Å². The third-order valence-corrected chi connectivity index (χ3v) is 2.44. The topological polar surface area (TPSA) is 43.7 Å². The molecule has 13 heavy (non-hydrogen) atoms. The highest BCUT2D eigenvalue weighted by Gasteiger charge is 2.21. The van der Waals surface area contributed by atoms with Crippen LogP contribution < -0.4 is 0 Å². The monoisotopic (exact) mass is 185 g/mol. The van der Waals surface area contributed by atoms with Gasteiger partial charge < -0.3 is 15.1 Å². The van der Waals surface area contributed by atoms with Gasteiger partial charge in [0.2, 0.25) is 0 Å². The summed E-state index contributed by atoms with van der Waals surface area (Å²) in [6.45, 7) is 1.01. The van der Waals surface area contributed by atoms with E-state index in [-0.39, 0.29) is 0 Å². The number of aliphatic hydroxyl groups is 2. The number of aliphatic hydroxyl groups excluding tert-OH is 2. The van der Waals surface area contributed by atoms with Crippen molar-refractivity contribution in [3.63, 3.8) is 0 Å². The molecule has 0 fully saturated rings. The first-order valence-electron chi connectivity index (χ1n) is 4.78. The maximum absolute atomic E-state index is 9.41. The molecule has 0 heterocycles. The fourth-order valence-corrected chi connectivity index (χ4v) is 1.50. The second-order valence-corrected chi connectivity index (χ2v) is 3.99. The van der Waals surface area contributed by atoms with E-state index in [1.807, 2.05) is 14.1 Å². The maximum atomic E-state index is 9.41. The molecule has 0 saturated carbocycles. The van der Waals surface area contributed by atoms with E-state index in [1.165, 1.54) is 5.57 Å². The van der Waals surface area contributed by atoms with Gasteiger partial charge in [-0.2, -0.15) is 0 Å². The Labute approximate surface area is 79.7 Å². The molecule has 0 radical (unpaired) electrons. The van der Waals surface area contributed by atoms with Crippen molar-refractivity contribution in [3.8, 4) is 0 Å². The second kappa shape index (κ2) is 4.74. The fraction of sp³-hybridized carbons (Fsp3) is 0.800. The molecule has 1 rings (SSSR count). The van der Waals surface area contributed by atoms with Crippen LogP contribution in [0.4, 0.5) is 0 Å². The van der Waals surface area contributed by atoms with Crippen LogP contribution in [0, 0.1) is 0 Å². The minimum absolute atomic E-state index is 0.553. The Hall–Kier alpha value is -0.380. The van der Waals surface area contributed by atoms with Crippen molar-refractivity contribution in [2.24, 2.45) is 0 Å². The molecule has 2 atom stereocenters. The largest absolute Gasteiger partial charge is 0.390 e. The Morgan fingerprint density at radius 3 is 2.62 bits per heavy atom. The molecule has 3 nitrogen and oxygen atoms in total. The van der Waals surface area contributed by atoms with Crippen molar-refractivity contribution < 1.29 is 10.2 Å². The van der Waals surface area contributed by atoms with E-state index in [0.717, 1.165) is 13.0 Å². The molecule has 0 spiro atoms. The predicted molar refractivity (Wildman–Crippen MR) is 52.5 cm³/mol. The summed E-state index contributed by atoms with van der Waals surface area (Å²) in [4.78, 5) is 2.12. The highest BCUT2D eigenvalue weighted by Crippen LogP contribution is 2.21. The van der Waals surface area contributed by atoms with Crippen LogP contribution in [-0.2, 0) is 0 Å². The van der Waals surface area contributed by atoms with Crippen LogP contribution in [-0.4, -0.2) is 48.0 Å². The number of hydrogen-bond donors (Lipinski definition) is 2. The molecule has 1 aliphatic carbocycles. The third kappa shape index (κ3) is 3.46. The van der Waals surface area contributed by atoms with Gasteiger partial charge in [-0.15, -0.1) is 0 Å². The molecule has 3 heteroatoms. The first kappa shape index (κ1) is 10.7. The van der Waals surface area contributed by atoms with E-state index in [2.05, 4.69) is 11.0 Å². The lowest BCUT2D eigenvalue weighted by molar-refractivity contribution is 0.0161. The van der Waals surface area contributed by atoms with Gasteiger partial charge >= 0.3 is 0 Å². The molecule has 0 amide bonds. The lowest BCUT2D eigenvalue weighted by Gasteiger charge is -2.24. The van der Waals surface area contributed by atoms with Gasteiger partial charge in [0.15, 0.2) is 0 Å². The van der Waals surface area contributed by atoms with Crippen LogP contribution in [0.5, 0.6) is 0 Å². The summed E-state index contributed by atoms with van der Waals surface area (Å²) in [5.74, 6) is 0. The smallest absolute Gasteiger partial charge is 0.0839 e. The average molecular weight is 185 g/mol. The molecule has 0 aromatic carbocycles. The van der Waals surface area contributed by atoms with Crippen LogP contribution in [0.15, 0.2) is 11.6 Å². The Balaban J connectivity index is 2.35. The van der Waals surface area contributed by atoms with Gasteiger partial charge in [-0.1, -0.05) is 11.6 Å². The van der Waals surface area contributed by atoms with Crippen molar-refractivity contribution in [2.75, 3.05) is 20.6 Å². The average Bonchev–Trinajstić information content (AvgIpc) is 2.07. The van der Waals surface area contributed by atoms with Gasteiger partial charge in [-0.05, 0) is 33.4 Å². The van der Waals surface area contributed by atoms with Crippen LogP contribution in [0.3, 0.4) is 0 Å². The zero-order valence-electron chi connectivity index (χ0n) is 8.40. The second-order valence-electron chi connectivity index (χ2n) is 3.99. The summed E-state index contributed by atoms with van der Waals surface area (Å²) < 4.78 is 0. The number of nitrogens with zero attached hydrogens (tertiary/aromatic N) is 1. The van der Waals surface area contributed by atoms with Crippen molar-refractivity contribution >= 4 is 0 Å². The van der Waals surface area contributed by atoms with E-state index >= 15 is 0 Å². The Kier molecular flexibility index (Phi) is 3.90. The van der Waals surface area contributed by atoms with Crippen molar-refractivity contribution in [3.05, 3.63) is 11.6 Å². The molecule has 0 aromatic rings. The molecule has 0 saturated heterocycles. The van der Waals surface area contributed by atoms with Crippen LogP contribution in [0.2, 0.25) is 0 Å². The lowest BCUT2D eigenvalue weighted by Crippen LogP contribution is -2.29. The molecule has 0 bridgehead atoms. The fourth-order valence-electron chi connectivity index (χ4n) is 1.50. The Morgan fingerprint density at radius 1 is 1.38 bits per heavy atom. The van der Waals surface area contributed by atoms with Crippen LogP contribution >= 0.6 is 0 Å². The van der Waals surface area contributed by atoms with E-state index in [4.69, 9.17) is 0 Å². The summed E-state index contributed by atoms with van der Waals surface area (Å²) in [5.41, 5.74) is 1.27. The van der Waals surface area contributed by atoms with E-state index < -0.39 is 12.2 Å². The van der Waals surface area contributed by atoms with Crippen LogP contribution in [0.25, 0.3) is 0 Å². The molecule has 1 aliphatic rings. The summed E-state index contributed by atoms with van der Waals surface area (Å²) in [7, 11) is 4.07. The summed E-state index contributed by atoms with van der Waals surface area (Å²) in [6.07, 6.45) is 3.18. The van der Waals surface area contributed by atoms with E-state index in [1.54, 1.807) is 0 Å². The van der Waals surface area contributed by atoms with Crippen molar-refractivity contribution in [1.29, 1.82) is 0 Å². The molecular weight excluding hydrogens is 166 g/mol. The minimum atomic E-state index is -0.554. The minimum Gasteiger partial charge on any atom is -0.390 e. The van der Waals surface area contributed by atoms with Gasteiger partial charge in [0.25, 0.3) is 0 Å². The molecule has 0 aromatic heterocycles. The third-order valence-electron chi connectivity index (χ3n) is 2.44. The van der Waals surface area contributed by atoms with Gasteiger partial charge in [0.05, 0.1) is 12.2 Å². The predicted octanol–water partition coefficient (Wildman–Crippen LogP) is 0.380. The van der Waals surface area contributed by atoms with Crippen molar-refractivity contribution in [1.82, 2.24) is 4.90 Å². The Morgan fingerprint density at radius 2 is 2.08 bits per heavy atom. The quantitative estimate of drug-likeness (QED) is 0.625. The summed E-state index contributed by atoms with van der Waals surface area (Å²) in [5, 5.41) is 18.7. The Bertz CT molecular complexity index is 189. The van der Waals surface area contributed by atoms with E-state index in [0.29, 0.717) is 12.8 Å². The first-order chi connectivity index (χ1) is 6.09. The lowest BCUT2D eigenvalue weighted by atomic mass is 9.92. The highest BCUT2D eigenvalue weighted by molar-refractivity contribution is 5.09. The maximum Gasteiger partial charge on any atom is 0.0839 e. The molecular formula is C10H19NO2. The van der Waals surface area contributed by atoms with Gasteiger partial charge in [-0.3, -0.25) is 0 Å². The normalized spacial score (nSPS) is 29.2. The SMILES string of the molecule is CN(C)CCC1=CC[C@H](O)[C@H](O)C1. The number of rotatable bonds is 3. The van der Waals surface area contributed by atoms with Gasteiger partial charge in [-0.25, -0.2) is 0 Å². The van der Waals surface area contributed by atoms with Gasteiger partial charge in [0, 0.05) is 6.54 Å². The first-order valence-corrected chi connectivity index (χ1v) is 4.78. The molecule has 0 aliphatic heterocycles. The standard InChI is InChI=1S/C10H19NO2/c1-11(2)6-5-8-3-4-9(12)10(13)7-8/h3,9-10,12-13H,4-7H2,1-2H3/t9-,10+/m0/s1.